The van der Waals surface area contributed by atoms with Gasteiger partial charge in [-0.3, -0.25) is 9.59 Å². The largest absolute Gasteiger partial charge is 0.364 e. The predicted molar refractivity (Wildman–Crippen MR) is 107 cm³/mol. The minimum Gasteiger partial charge on any atom is -0.364 e. The van der Waals surface area contributed by atoms with Gasteiger partial charge in [0.2, 0.25) is 5.91 Å². The van der Waals surface area contributed by atoms with E-state index in [1.54, 1.807) is 11.0 Å². The Kier molecular flexibility index (Phi) is 4.32. The topological polar surface area (TPSA) is 77.2 Å². The van der Waals surface area contributed by atoms with Crippen LogP contribution in [-0.4, -0.2) is 34.4 Å². The molecule has 1 aliphatic heterocycles. The second-order valence-electron chi connectivity index (χ2n) is 7.14. The van der Waals surface area contributed by atoms with Crippen LogP contribution < -0.4 is 10.6 Å². The van der Waals surface area contributed by atoms with Gasteiger partial charge in [-0.2, -0.15) is 0 Å². The van der Waals surface area contributed by atoms with Crippen LogP contribution in [0.3, 0.4) is 0 Å². The lowest BCUT2D eigenvalue weighted by molar-refractivity contribution is -0.117. The zero-order valence-electron chi connectivity index (χ0n) is 15.3. The Morgan fingerprint density at radius 3 is 2.81 bits per heavy atom. The molecule has 6 heteroatoms. The molecule has 0 spiro atoms. The number of rotatable bonds is 4. The highest BCUT2D eigenvalue weighted by molar-refractivity contribution is 6.04. The van der Waals surface area contributed by atoms with E-state index in [0.717, 1.165) is 16.6 Å². The second-order valence-corrected chi connectivity index (χ2v) is 7.14. The van der Waals surface area contributed by atoms with Crippen molar-refractivity contribution in [3.05, 3.63) is 60.3 Å². The van der Waals surface area contributed by atoms with Gasteiger partial charge >= 0.3 is 0 Å². The molecule has 0 saturated heterocycles. The summed E-state index contributed by atoms with van der Waals surface area (Å²) in [6.07, 6.45) is 1.63. The third-order valence-corrected chi connectivity index (χ3v) is 4.84. The van der Waals surface area contributed by atoms with Gasteiger partial charge in [-0.05, 0) is 41.6 Å². The normalized spacial score (nSPS) is 16.3. The molecule has 3 N–H and O–H groups in total. The molecule has 3 aromatic rings. The van der Waals surface area contributed by atoms with Crippen LogP contribution in [0.4, 0.5) is 11.4 Å². The lowest BCUT2D eigenvalue weighted by atomic mass is 10.0. The molecule has 1 aliphatic rings. The van der Waals surface area contributed by atoms with Crippen LogP contribution in [0, 0.1) is 5.92 Å². The molecule has 1 atom stereocenters. The summed E-state index contributed by atoms with van der Waals surface area (Å²) >= 11 is 0. The van der Waals surface area contributed by atoms with E-state index in [2.05, 4.69) is 15.6 Å². The molecule has 0 bridgehead atoms. The Bertz CT molecular complexity index is 1010. The van der Waals surface area contributed by atoms with Gasteiger partial charge in [0.15, 0.2) is 0 Å². The highest BCUT2D eigenvalue weighted by atomic mass is 16.2. The molecular formula is C21H22N4O2. The fourth-order valence-corrected chi connectivity index (χ4v) is 3.49. The monoisotopic (exact) mass is 362 g/mol. The van der Waals surface area contributed by atoms with E-state index in [1.807, 2.05) is 62.5 Å². The van der Waals surface area contributed by atoms with Crippen LogP contribution in [0.25, 0.3) is 10.9 Å². The zero-order chi connectivity index (χ0) is 19.0. The third kappa shape index (κ3) is 3.26. The molecule has 0 fully saturated rings. The summed E-state index contributed by atoms with van der Waals surface area (Å²) < 4.78 is 0. The maximum absolute atomic E-state index is 13.0. The van der Waals surface area contributed by atoms with Gasteiger partial charge < -0.3 is 20.5 Å². The number of carbonyl (C=O) groups excluding carboxylic acids is 2. The van der Waals surface area contributed by atoms with Crippen LogP contribution in [0.2, 0.25) is 0 Å². The summed E-state index contributed by atoms with van der Waals surface area (Å²) in [5, 5.41) is 7.36. The van der Waals surface area contributed by atoms with Crippen molar-refractivity contribution in [2.45, 2.75) is 20.0 Å². The first-order valence-electron chi connectivity index (χ1n) is 9.06. The number of para-hydroxylation sites is 1. The summed E-state index contributed by atoms with van der Waals surface area (Å²) in [5.74, 6) is -0.190. The fourth-order valence-electron chi connectivity index (χ4n) is 3.49. The predicted octanol–water partition coefficient (Wildman–Crippen LogP) is 3.66. The Morgan fingerprint density at radius 1 is 1.19 bits per heavy atom. The summed E-state index contributed by atoms with van der Waals surface area (Å²) in [5.41, 5.74) is 3.07. The quantitative estimate of drug-likeness (QED) is 0.663. The van der Waals surface area contributed by atoms with Crippen molar-refractivity contribution in [2.24, 2.45) is 5.92 Å². The van der Waals surface area contributed by atoms with Gasteiger partial charge in [0, 0.05) is 23.1 Å². The van der Waals surface area contributed by atoms with Gasteiger partial charge in [0.05, 0.1) is 5.56 Å². The van der Waals surface area contributed by atoms with Gasteiger partial charge in [-0.15, -0.1) is 0 Å². The first kappa shape index (κ1) is 17.1. The van der Waals surface area contributed by atoms with Crippen LogP contribution in [-0.2, 0) is 4.79 Å². The Hall–Kier alpha value is -3.28. The fraction of sp³-hybridized carbons (Fsp3) is 0.238. The highest BCUT2D eigenvalue weighted by Crippen LogP contribution is 2.28. The maximum atomic E-state index is 13.0. The van der Waals surface area contributed by atoms with E-state index in [0.29, 0.717) is 11.3 Å². The number of hydrogen-bond donors (Lipinski definition) is 3. The van der Waals surface area contributed by atoms with Crippen molar-refractivity contribution in [1.29, 1.82) is 0 Å². The molecule has 4 rings (SSSR count). The number of carbonyl (C=O) groups is 2. The Balaban J connectivity index is 1.54. The van der Waals surface area contributed by atoms with Crippen molar-refractivity contribution in [3.8, 4) is 0 Å². The number of aromatic amines is 1. The van der Waals surface area contributed by atoms with Crippen molar-refractivity contribution < 1.29 is 9.59 Å². The number of nitrogens with one attached hydrogen (secondary N) is 3. The van der Waals surface area contributed by atoms with E-state index in [9.17, 15) is 9.59 Å². The van der Waals surface area contributed by atoms with Crippen LogP contribution in [0.1, 0.15) is 24.2 Å². The van der Waals surface area contributed by atoms with Gasteiger partial charge in [-0.1, -0.05) is 32.0 Å². The van der Waals surface area contributed by atoms with Gasteiger partial charge in [0.25, 0.3) is 5.91 Å². The van der Waals surface area contributed by atoms with Crippen molar-refractivity contribution in [1.82, 2.24) is 9.88 Å². The van der Waals surface area contributed by atoms with E-state index in [1.165, 1.54) is 0 Å². The highest BCUT2D eigenvalue weighted by Gasteiger charge is 2.34. The molecule has 0 radical (unpaired) electrons. The van der Waals surface area contributed by atoms with Crippen molar-refractivity contribution >= 4 is 34.1 Å². The van der Waals surface area contributed by atoms with Gasteiger partial charge in [-0.25, -0.2) is 0 Å². The molecule has 0 aliphatic carbocycles. The number of anilines is 2. The third-order valence-electron chi connectivity index (χ3n) is 4.84. The number of aromatic nitrogens is 1. The standard InChI is InChI=1S/C21H22N4O2/c1-13(2)20-24-17-6-4-3-5-16(17)21(27)25(20)12-19(26)23-15-8-7-14-9-10-22-18(14)11-15/h3-11,13,20,22,24H,12H2,1-2H3,(H,23,26)/t20-/m1/s1. The summed E-state index contributed by atoms with van der Waals surface area (Å²) in [6, 6.07) is 15.1. The molecule has 27 heavy (non-hydrogen) atoms. The molecule has 2 aromatic carbocycles. The SMILES string of the molecule is CC(C)[C@@H]1Nc2ccccc2C(=O)N1CC(=O)Nc1ccc2cc[nH]c2c1. The maximum Gasteiger partial charge on any atom is 0.258 e. The Morgan fingerprint density at radius 2 is 2.00 bits per heavy atom. The second kappa shape index (κ2) is 6.79. The number of benzene rings is 2. The molecule has 2 heterocycles. The van der Waals surface area contributed by atoms with Gasteiger partial charge in [0.1, 0.15) is 12.7 Å². The summed E-state index contributed by atoms with van der Waals surface area (Å²) in [6.45, 7) is 4.05. The lowest BCUT2D eigenvalue weighted by Gasteiger charge is -2.39. The van der Waals surface area contributed by atoms with E-state index in [4.69, 9.17) is 0 Å². The van der Waals surface area contributed by atoms with Crippen LogP contribution >= 0.6 is 0 Å². The minimum absolute atomic E-state index is 0.00816. The number of hydrogen-bond acceptors (Lipinski definition) is 3. The van der Waals surface area contributed by atoms with E-state index in [-0.39, 0.29) is 30.4 Å². The molecular weight excluding hydrogens is 340 g/mol. The van der Waals surface area contributed by atoms with Crippen LogP contribution in [0.5, 0.6) is 0 Å². The summed E-state index contributed by atoms with van der Waals surface area (Å²) in [7, 11) is 0. The number of amides is 2. The molecule has 0 unspecified atom stereocenters. The Labute approximate surface area is 157 Å². The average Bonchev–Trinajstić information content (AvgIpc) is 3.11. The van der Waals surface area contributed by atoms with Crippen LogP contribution in [0.15, 0.2) is 54.7 Å². The molecule has 1 aromatic heterocycles. The molecule has 2 amide bonds. The first-order chi connectivity index (χ1) is 13.0. The average molecular weight is 362 g/mol. The number of H-pyrrole nitrogens is 1. The summed E-state index contributed by atoms with van der Waals surface area (Å²) in [4.78, 5) is 30.3. The zero-order valence-corrected chi connectivity index (χ0v) is 15.3. The van der Waals surface area contributed by atoms with Crippen molar-refractivity contribution in [2.75, 3.05) is 17.2 Å². The van der Waals surface area contributed by atoms with Crippen molar-refractivity contribution in [3.63, 3.8) is 0 Å². The molecule has 138 valence electrons. The van der Waals surface area contributed by atoms with E-state index < -0.39 is 0 Å². The lowest BCUT2D eigenvalue weighted by Crippen LogP contribution is -2.53. The smallest absolute Gasteiger partial charge is 0.258 e. The minimum atomic E-state index is -0.232. The first-order valence-corrected chi connectivity index (χ1v) is 9.06. The molecule has 6 nitrogen and oxygen atoms in total. The molecule has 0 saturated carbocycles. The number of nitrogens with zero attached hydrogens (tertiary/aromatic N) is 1. The number of fused-ring (bicyclic) bond motifs is 2. The van der Waals surface area contributed by atoms with E-state index >= 15 is 0 Å².